The van der Waals surface area contributed by atoms with Gasteiger partial charge in [0, 0.05) is 18.8 Å². The molecule has 0 amide bonds. The van der Waals surface area contributed by atoms with E-state index in [4.69, 9.17) is 10.8 Å². The number of aryl methyl sites for hydroxylation is 1. The number of aliphatic hydroxyl groups excluding tert-OH is 1. The number of aliphatic hydroxyl groups is 1. The molecule has 0 aliphatic carbocycles. The summed E-state index contributed by atoms with van der Waals surface area (Å²) in [4.78, 5) is 0.155. The van der Waals surface area contributed by atoms with Crippen LogP contribution in [0.3, 0.4) is 0 Å². The summed E-state index contributed by atoms with van der Waals surface area (Å²) in [5, 5.41) is 8.57. The molecule has 0 aliphatic heterocycles. The Labute approximate surface area is 95.3 Å². The Kier molecular flexibility index (Phi) is 4.28. The summed E-state index contributed by atoms with van der Waals surface area (Å²) in [6, 6.07) is 4.67. The van der Waals surface area contributed by atoms with Crippen molar-refractivity contribution in [2.45, 2.75) is 18.2 Å². The molecular formula is C10H16N2O3S. The van der Waals surface area contributed by atoms with Crippen LogP contribution in [0, 0.1) is 6.92 Å². The van der Waals surface area contributed by atoms with Gasteiger partial charge in [-0.3, -0.25) is 0 Å². The average molecular weight is 244 g/mol. The molecule has 0 aromatic heterocycles. The van der Waals surface area contributed by atoms with Crippen LogP contribution in [0.15, 0.2) is 23.1 Å². The maximum absolute atomic E-state index is 11.8. The zero-order chi connectivity index (χ0) is 12.2. The first-order valence-electron chi connectivity index (χ1n) is 4.93. The minimum absolute atomic E-state index is 0.0432. The van der Waals surface area contributed by atoms with Gasteiger partial charge in [-0.2, -0.15) is 0 Å². The fraction of sp³-hybridized carbons (Fsp3) is 0.400. The molecule has 16 heavy (non-hydrogen) atoms. The molecule has 1 aromatic carbocycles. The standard InChI is InChI=1S/C10H16N2O3S/c1-8-5-9(11)7-10(6-8)16(14,15)12-3-2-4-13/h5-7,12-13H,2-4,11H2,1H3. The molecule has 0 bridgehead atoms. The number of nitrogens with one attached hydrogen (secondary N) is 1. The van der Waals surface area contributed by atoms with Crippen molar-refractivity contribution in [3.8, 4) is 0 Å². The van der Waals surface area contributed by atoms with Crippen LogP contribution in [0.25, 0.3) is 0 Å². The van der Waals surface area contributed by atoms with Gasteiger partial charge in [-0.25, -0.2) is 13.1 Å². The lowest BCUT2D eigenvalue weighted by molar-refractivity contribution is 0.289. The van der Waals surface area contributed by atoms with Crippen molar-refractivity contribution in [1.29, 1.82) is 0 Å². The van der Waals surface area contributed by atoms with Crippen LogP contribution in [0.2, 0.25) is 0 Å². The maximum atomic E-state index is 11.8. The Morgan fingerprint density at radius 3 is 2.62 bits per heavy atom. The molecule has 6 heteroatoms. The molecule has 90 valence electrons. The molecule has 5 nitrogen and oxygen atoms in total. The van der Waals surface area contributed by atoms with Crippen LogP contribution >= 0.6 is 0 Å². The number of rotatable bonds is 5. The number of nitrogen functional groups attached to an aromatic ring is 1. The van der Waals surface area contributed by atoms with Gasteiger partial charge in [0.25, 0.3) is 0 Å². The molecule has 0 aliphatic rings. The quantitative estimate of drug-likeness (QED) is 0.511. The second-order valence-corrected chi connectivity index (χ2v) is 5.32. The van der Waals surface area contributed by atoms with Crippen molar-refractivity contribution >= 4 is 15.7 Å². The molecular weight excluding hydrogens is 228 g/mol. The molecule has 1 aromatic rings. The van der Waals surface area contributed by atoms with E-state index in [1.807, 2.05) is 0 Å². The normalized spacial score (nSPS) is 11.6. The largest absolute Gasteiger partial charge is 0.399 e. The minimum Gasteiger partial charge on any atom is -0.399 e. The fourth-order valence-electron chi connectivity index (χ4n) is 1.30. The molecule has 0 radical (unpaired) electrons. The Morgan fingerprint density at radius 2 is 2.06 bits per heavy atom. The number of hydrogen-bond acceptors (Lipinski definition) is 4. The molecule has 0 heterocycles. The second kappa shape index (κ2) is 5.29. The van der Waals surface area contributed by atoms with Crippen LogP contribution in [0.4, 0.5) is 5.69 Å². The van der Waals surface area contributed by atoms with Gasteiger partial charge in [-0.05, 0) is 37.1 Å². The van der Waals surface area contributed by atoms with Gasteiger partial charge in [0.15, 0.2) is 0 Å². The number of benzene rings is 1. The first-order chi connectivity index (χ1) is 7.45. The molecule has 0 unspecified atom stereocenters. The molecule has 0 fully saturated rings. The predicted octanol–water partition coefficient (Wildman–Crippen LogP) is 0.238. The first kappa shape index (κ1) is 13.0. The van der Waals surface area contributed by atoms with E-state index in [0.29, 0.717) is 12.1 Å². The van der Waals surface area contributed by atoms with E-state index in [1.165, 1.54) is 6.07 Å². The Balaban J connectivity index is 2.89. The van der Waals surface area contributed by atoms with Crippen LogP contribution in [0.1, 0.15) is 12.0 Å². The third kappa shape index (κ3) is 3.48. The van der Waals surface area contributed by atoms with Crippen LogP contribution in [-0.2, 0) is 10.0 Å². The topological polar surface area (TPSA) is 92.4 Å². The SMILES string of the molecule is Cc1cc(N)cc(S(=O)(=O)NCCCO)c1. The average Bonchev–Trinajstić information content (AvgIpc) is 2.16. The lowest BCUT2D eigenvalue weighted by atomic mass is 10.2. The lowest BCUT2D eigenvalue weighted by Gasteiger charge is -2.07. The third-order valence-electron chi connectivity index (χ3n) is 2.01. The lowest BCUT2D eigenvalue weighted by Crippen LogP contribution is -2.25. The summed E-state index contributed by atoms with van der Waals surface area (Å²) in [5.41, 5.74) is 6.79. The summed E-state index contributed by atoms with van der Waals surface area (Å²) in [6.45, 7) is 1.95. The van der Waals surface area contributed by atoms with E-state index >= 15 is 0 Å². The molecule has 0 atom stereocenters. The van der Waals surface area contributed by atoms with E-state index in [-0.39, 0.29) is 18.0 Å². The van der Waals surface area contributed by atoms with Gasteiger partial charge >= 0.3 is 0 Å². The predicted molar refractivity (Wildman–Crippen MR) is 62.5 cm³/mol. The minimum atomic E-state index is -3.52. The van der Waals surface area contributed by atoms with Crippen molar-refractivity contribution in [1.82, 2.24) is 4.72 Å². The highest BCUT2D eigenvalue weighted by atomic mass is 32.2. The highest BCUT2D eigenvalue weighted by Gasteiger charge is 2.13. The summed E-state index contributed by atoms with van der Waals surface area (Å²) in [6.07, 6.45) is 0.389. The molecule has 1 rings (SSSR count). The fourth-order valence-corrected chi connectivity index (χ4v) is 2.51. The first-order valence-corrected chi connectivity index (χ1v) is 6.42. The maximum Gasteiger partial charge on any atom is 0.240 e. The van der Waals surface area contributed by atoms with Gasteiger partial charge in [0.2, 0.25) is 10.0 Å². The highest BCUT2D eigenvalue weighted by Crippen LogP contribution is 2.15. The molecule has 0 spiro atoms. The number of hydrogen-bond donors (Lipinski definition) is 3. The van der Waals surface area contributed by atoms with Crippen LogP contribution in [0.5, 0.6) is 0 Å². The third-order valence-corrected chi connectivity index (χ3v) is 3.45. The summed E-state index contributed by atoms with van der Waals surface area (Å²) in [7, 11) is -3.52. The van der Waals surface area contributed by atoms with Crippen molar-refractivity contribution in [3.63, 3.8) is 0 Å². The van der Waals surface area contributed by atoms with Crippen molar-refractivity contribution < 1.29 is 13.5 Å². The molecule has 4 N–H and O–H groups in total. The number of sulfonamides is 1. The van der Waals surface area contributed by atoms with Gasteiger partial charge in [-0.1, -0.05) is 0 Å². The van der Waals surface area contributed by atoms with Gasteiger partial charge in [-0.15, -0.1) is 0 Å². The Morgan fingerprint density at radius 1 is 1.38 bits per heavy atom. The van der Waals surface area contributed by atoms with Gasteiger partial charge in [0.05, 0.1) is 4.90 Å². The molecule has 0 saturated carbocycles. The van der Waals surface area contributed by atoms with Crippen molar-refractivity contribution in [3.05, 3.63) is 23.8 Å². The van der Waals surface area contributed by atoms with Crippen LogP contribution in [-0.4, -0.2) is 26.7 Å². The van der Waals surface area contributed by atoms with E-state index in [9.17, 15) is 8.42 Å². The van der Waals surface area contributed by atoms with Crippen molar-refractivity contribution in [2.24, 2.45) is 0 Å². The summed E-state index contributed by atoms with van der Waals surface area (Å²) in [5.74, 6) is 0. The molecule has 0 saturated heterocycles. The summed E-state index contributed by atoms with van der Waals surface area (Å²) >= 11 is 0. The van der Waals surface area contributed by atoms with E-state index < -0.39 is 10.0 Å². The van der Waals surface area contributed by atoms with E-state index in [1.54, 1.807) is 19.1 Å². The van der Waals surface area contributed by atoms with Gasteiger partial charge < -0.3 is 10.8 Å². The van der Waals surface area contributed by atoms with Crippen molar-refractivity contribution in [2.75, 3.05) is 18.9 Å². The van der Waals surface area contributed by atoms with Gasteiger partial charge in [0.1, 0.15) is 0 Å². The number of anilines is 1. The number of nitrogens with two attached hydrogens (primary N) is 1. The zero-order valence-electron chi connectivity index (χ0n) is 9.10. The Hall–Kier alpha value is -1.11. The zero-order valence-corrected chi connectivity index (χ0v) is 9.92. The van der Waals surface area contributed by atoms with E-state index in [0.717, 1.165) is 5.56 Å². The second-order valence-electron chi connectivity index (χ2n) is 3.55. The van der Waals surface area contributed by atoms with E-state index in [2.05, 4.69) is 4.72 Å². The summed E-state index contributed by atoms with van der Waals surface area (Å²) < 4.78 is 25.9. The highest BCUT2D eigenvalue weighted by molar-refractivity contribution is 7.89. The Bertz CT molecular complexity index is 437. The monoisotopic (exact) mass is 244 g/mol. The smallest absolute Gasteiger partial charge is 0.240 e. The van der Waals surface area contributed by atoms with Crippen LogP contribution < -0.4 is 10.5 Å².